The number of anilines is 1. The number of aromatic amines is 1. The Balaban J connectivity index is 1.71. The highest BCUT2D eigenvalue weighted by molar-refractivity contribution is 5.86. The van der Waals surface area contributed by atoms with Gasteiger partial charge in [-0.25, -0.2) is 4.98 Å². The third-order valence-electron chi connectivity index (χ3n) is 3.84. The van der Waals surface area contributed by atoms with Crippen molar-refractivity contribution >= 4 is 22.3 Å². The number of nitrogens with one attached hydrogen (secondary N) is 2. The lowest BCUT2D eigenvalue weighted by molar-refractivity contribution is -0.383. The molecule has 0 aliphatic heterocycles. The van der Waals surface area contributed by atoms with Crippen molar-refractivity contribution in [3.8, 4) is 0 Å². The smallest absolute Gasteiger partial charge is 0.293 e. The molecule has 0 saturated heterocycles. The fraction of sp³-hybridized carbons (Fsp3) is 0.467. The first-order valence-electron chi connectivity index (χ1n) is 7.70. The van der Waals surface area contributed by atoms with Crippen molar-refractivity contribution in [3.63, 3.8) is 0 Å². The molecule has 9 nitrogen and oxygen atoms in total. The van der Waals surface area contributed by atoms with Crippen LogP contribution in [0.4, 0.5) is 11.4 Å². The molecule has 1 aromatic heterocycles. The quantitative estimate of drug-likeness (QED) is 0.485. The molecule has 3 rings (SSSR count). The minimum atomic E-state index is -0.786. The van der Waals surface area contributed by atoms with E-state index in [0.29, 0.717) is 18.0 Å². The summed E-state index contributed by atoms with van der Waals surface area (Å²) >= 11 is 0. The van der Waals surface area contributed by atoms with Gasteiger partial charge in [-0.3, -0.25) is 14.9 Å². The van der Waals surface area contributed by atoms with Gasteiger partial charge in [0, 0.05) is 19.2 Å². The van der Waals surface area contributed by atoms with Gasteiger partial charge in [-0.1, -0.05) is 0 Å². The van der Waals surface area contributed by atoms with Gasteiger partial charge in [0.2, 0.25) is 0 Å². The molecular weight excluding hydrogens is 316 g/mol. The van der Waals surface area contributed by atoms with Crippen molar-refractivity contribution in [1.82, 2.24) is 9.97 Å². The van der Waals surface area contributed by atoms with Gasteiger partial charge < -0.3 is 20.1 Å². The lowest BCUT2D eigenvalue weighted by Gasteiger charge is -2.13. The number of nitro groups is 1. The first-order chi connectivity index (χ1) is 11.5. The first kappa shape index (κ1) is 16.3. The van der Waals surface area contributed by atoms with E-state index in [1.54, 1.807) is 0 Å². The van der Waals surface area contributed by atoms with Gasteiger partial charge in [0.1, 0.15) is 5.69 Å². The molecule has 1 atom stereocenters. The predicted molar refractivity (Wildman–Crippen MR) is 87.1 cm³/mol. The molecule has 3 N–H and O–H groups in total. The summed E-state index contributed by atoms with van der Waals surface area (Å²) in [5.74, 6) is 0.607. The van der Waals surface area contributed by atoms with Gasteiger partial charge in [0.15, 0.2) is 0 Å². The molecule has 0 amide bonds. The second-order valence-electron chi connectivity index (χ2n) is 5.89. The lowest BCUT2D eigenvalue weighted by Crippen LogP contribution is -2.25. The summed E-state index contributed by atoms with van der Waals surface area (Å²) in [6.07, 6.45) is 2.79. The number of nitrogens with zero attached hydrogens (tertiary/aromatic N) is 2. The number of fused-ring (bicyclic) bond motifs is 1. The van der Waals surface area contributed by atoms with Gasteiger partial charge in [-0.2, -0.15) is 0 Å². The van der Waals surface area contributed by atoms with Crippen molar-refractivity contribution in [2.75, 3.05) is 25.1 Å². The van der Waals surface area contributed by atoms with Gasteiger partial charge in [0.05, 0.1) is 34.9 Å². The molecule has 1 aromatic carbocycles. The molecule has 1 fully saturated rings. The molecule has 0 bridgehead atoms. The van der Waals surface area contributed by atoms with Crippen LogP contribution in [0.15, 0.2) is 23.3 Å². The summed E-state index contributed by atoms with van der Waals surface area (Å²) in [4.78, 5) is 28.7. The molecule has 1 saturated carbocycles. The van der Waals surface area contributed by atoms with E-state index in [2.05, 4.69) is 15.3 Å². The number of hydrogen-bond donors (Lipinski definition) is 3. The van der Waals surface area contributed by atoms with E-state index in [1.165, 1.54) is 31.3 Å². The van der Waals surface area contributed by atoms with Gasteiger partial charge in [0.25, 0.3) is 11.2 Å². The highest BCUT2D eigenvalue weighted by Gasteiger charge is 2.22. The Morgan fingerprint density at radius 2 is 2.29 bits per heavy atom. The minimum absolute atomic E-state index is 0.0974. The zero-order valence-electron chi connectivity index (χ0n) is 12.9. The SMILES string of the molecule is O=c1[nH]cnc2cc(NCC(O)COCC3CC3)c([N+](=O)[O-])cc12. The summed E-state index contributed by atoms with van der Waals surface area (Å²) in [6, 6.07) is 2.61. The fourth-order valence-corrected chi connectivity index (χ4v) is 2.34. The highest BCUT2D eigenvalue weighted by Crippen LogP contribution is 2.29. The number of H-pyrrole nitrogens is 1. The van der Waals surface area contributed by atoms with Crippen LogP contribution in [-0.4, -0.2) is 45.9 Å². The molecule has 1 heterocycles. The van der Waals surface area contributed by atoms with Gasteiger partial charge in [-0.15, -0.1) is 0 Å². The van der Waals surface area contributed by atoms with Crippen molar-refractivity contribution in [1.29, 1.82) is 0 Å². The second kappa shape index (κ2) is 6.93. The Morgan fingerprint density at radius 1 is 1.50 bits per heavy atom. The summed E-state index contributed by atoms with van der Waals surface area (Å²) in [5, 5.41) is 24.1. The summed E-state index contributed by atoms with van der Waals surface area (Å²) in [7, 11) is 0. The minimum Gasteiger partial charge on any atom is -0.389 e. The first-order valence-corrected chi connectivity index (χ1v) is 7.70. The predicted octanol–water partition coefficient (Wildman–Crippen LogP) is 1.03. The van der Waals surface area contributed by atoms with Crippen molar-refractivity contribution in [2.24, 2.45) is 5.92 Å². The number of nitro benzene ring substituents is 1. The largest absolute Gasteiger partial charge is 0.389 e. The zero-order chi connectivity index (χ0) is 17.1. The number of aliphatic hydroxyl groups is 1. The number of aromatic nitrogens is 2. The third kappa shape index (κ3) is 3.87. The monoisotopic (exact) mass is 334 g/mol. The molecular formula is C15H18N4O5. The number of ether oxygens (including phenoxy) is 1. The van der Waals surface area contributed by atoms with Crippen molar-refractivity contribution < 1.29 is 14.8 Å². The maximum Gasteiger partial charge on any atom is 0.293 e. The van der Waals surface area contributed by atoms with Crippen LogP contribution in [0.5, 0.6) is 0 Å². The van der Waals surface area contributed by atoms with E-state index in [0.717, 1.165) is 0 Å². The molecule has 1 aliphatic carbocycles. The molecule has 1 aliphatic rings. The third-order valence-corrected chi connectivity index (χ3v) is 3.84. The van der Waals surface area contributed by atoms with E-state index < -0.39 is 16.6 Å². The van der Waals surface area contributed by atoms with Crippen LogP contribution in [-0.2, 0) is 4.74 Å². The Bertz CT molecular complexity index is 802. The molecule has 24 heavy (non-hydrogen) atoms. The van der Waals surface area contributed by atoms with Crippen LogP contribution >= 0.6 is 0 Å². The number of benzene rings is 1. The van der Waals surface area contributed by atoms with Crippen LogP contribution in [0.2, 0.25) is 0 Å². The average Bonchev–Trinajstić information content (AvgIpc) is 3.36. The normalized spacial score (nSPS) is 15.4. The van der Waals surface area contributed by atoms with E-state index in [9.17, 15) is 20.0 Å². The van der Waals surface area contributed by atoms with E-state index in [4.69, 9.17) is 4.74 Å². The van der Waals surface area contributed by atoms with E-state index in [1.807, 2.05) is 0 Å². The standard InChI is InChI=1S/C15H18N4O5/c20-10(7-24-6-9-1-2-9)5-16-13-4-12-11(3-14(13)19(22)23)15(21)18-8-17-12/h3-4,8-10,16,20H,1-2,5-7H2,(H,17,18,21). The zero-order valence-corrected chi connectivity index (χ0v) is 12.9. The Hall–Kier alpha value is -2.52. The topological polar surface area (TPSA) is 130 Å². The average molecular weight is 334 g/mol. The number of aliphatic hydroxyl groups excluding tert-OH is 1. The molecule has 1 unspecified atom stereocenters. The van der Waals surface area contributed by atoms with Crippen LogP contribution in [0, 0.1) is 16.0 Å². The lowest BCUT2D eigenvalue weighted by atomic mass is 10.2. The maximum absolute atomic E-state index is 11.7. The highest BCUT2D eigenvalue weighted by atomic mass is 16.6. The number of hydrogen-bond acceptors (Lipinski definition) is 7. The van der Waals surface area contributed by atoms with E-state index in [-0.39, 0.29) is 29.9 Å². The molecule has 0 radical (unpaired) electrons. The summed E-state index contributed by atoms with van der Waals surface area (Å²) in [6.45, 7) is 0.906. The molecule has 2 aromatic rings. The summed E-state index contributed by atoms with van der Waals surface area (Å²) < 4.78 is 5.39. The molecule has 128 valence electrons. The number of rotatable bonds is 8. The second-order valence-corrected chi connectivity index (χ2v) is 5.89. The maximum atomic E-state index is 11.7. The summed E-state index contributed by atoms with van der Waals surface area (Å²) in [5.41, 5.74) is -0.145. The Labute approximate surface area is 136 Å². The van der Waals surface area contributed by atoms with Crippen molar-refractivity contribution in [3.05, 3.63) is 38.9 Å². The van der Waals surface area contributed by atoms with Crippen LogP contribution in [0.1, 0.15) is 12.8 Å². The Morgan fingerprint density at radius 3 is 3.00 bits per heavy atom. The molecule has 0 spiro atoms. The van der Waals surface area contributed by atoms with Gasteiger partial charge >= 0.3 is 0 Å². The van der Waals surface area contributed by atoms with Crippen LogP contribution < -0.4 is 10.9 Å². The fourth-order valence-electron chi connectivity index (χ4n) is 2.34. The molecule has 9 heteroatoms. The van der Waals surface area contributed by atoms with Crippen LogP contribution in [0.3, 0.4) is 0 Å². The van der Waals surface area contributed by atoms with Crippen LogP contribution in [0.25, 0.3) is 10.9 Å². The van der Waals surface area contributed by atoms with Gasteiger partial charge in [-0.05, 0) is 24.8 Å². The Kier molecular flexibility index (Phi) is 4.72. The van der Waals surface area contributed by atoms with Crippen molar-refractivity contribution in [2.45, 2.75) is 18.9 Å². The van der Waals surface area contributed by atoms with E-state index >= 15 is 0 Å².